The molecule has 2 nitrogen and oxygen atoms in total. The van der Waals surface area contributed by atoms with Gasteiger partial charge in [0, 0.05) is 6.04 Å². The van der Waals surface area contributed by atoms with Gasteiger partial charge in [-0.2, -0.15) is 0 Å². The summed E-state index contributed by atoms with van der Waals surface area (Å²) in [6.45, 7) is 2.97. The van der Waals surface area contributed by atoms with Crippen LogP contribution in [0.2, 0.25) is 0 Å². The third-order valence-corrected chi connectivity index (χ3v) is 3.04. The van der Waals surface area contributed by atoms with E-state index in [9.17, 15) is 0 Å². The topological polar surface area (TPSA) is 35.2 Å². The Labute approximate surface area is 91.4 Å². The first-order valence-corrected chi connectivity index (χ1v) is 5.78. The minimum atomic E-state index is 0.106. The highest BCUT2D eigenvalue weighted by Gasteiger charge is 2.25. The van der Waals surface area contributed by atoms with Crippen LogP contribution in [0.15, 0.2) is 24.3 Å². The molecule has 1 aromatic carbocycles. The van der Waals surface area contributed by atoms with E-state index in [1.807, 2.05) is 0 Å². The summed E-state index contributed by atoms with van der Waals surface area (Å²) in [6, 6.07) is 8.63. The molecule has 2 rings (SSSR count). The van der Waals surface area contributed by atoms with Crippen LogP contribution in [0.3, 0.4) is 0 Å². The van der Waals surface area contributed by atoms with Gasteiger partial charge in [0.1, 0.15) is 0 Å². The van der Waals surface area contributed by atoms with Crippen LogP contribution >= 0.6 is 0 Å². The maximum atomic E-state index is 6.15. The van der Waals surface area contributed by atoms with Crippen LogP contribution < -0.4 is 5.73 Å². The van der Waals surface area contributed by atoms with Crippen molar-refractivity contribution in [3.8, 4) is 0 Å². The fourth-order valence-electron chi connectivity index (χ4n) is 2.26. The zero-order valence-electron chi connectivity index (χ0n) is 9.28. The highest BCUT2D eigenvalue weighted by atomic mass is 16.5. The Balaban J connectivity index is 2.21. The molecule has 0 spiro atoms. The number of ether oxygens (including phenoxy) is 1. The van der Waals surface area contributed by atoms with E-state index in [0.717, 1.165) is 25.9 Å². The molecule has 2 heteroatoms. The molecule has 2 N–H and O–H groups in total. The first kappa shape index (κ1) is 10.7. The molecule has 0 saturated heterocycles. The second-order valence-electron chi connectivity index (χ2n) is 4.19. The van der Waals surface area contributed by atoms with Crippen LogP contribution in [0.4, 0.5) is 0 Å². The Hall–Kier alpha value is -0.860. The Morgan fingerprint density at radius 2 is 2.27 bits per heavy atom. The van der Waals surface area contributed by atoms with Gasteiger partial charge in [0.2, 0.25) is 0 Å². The molecule has 0 fully saturated rings. The van der Waals surface area contributed by atoms with Crippen LogP contribution in [0, 0.1) is 0 Å². The van der Waals surface area contributed by atoms with Crippen LogP contribution in [0.5, 0.6) is 0 Å². The first-order valence-electron chi connectivity index (χ1n) is 5.78. The lowest BCUT2D eigenvalue weighted by Crippen LogP contribution is -2.33. The van der Waals surface area contributed by atoms with Gasteiger partial charge in [0.15, 0.2) is 0 Å². The van der Waals surface area contributed by atoms with Crippen LogP contribution in [-0.2, 0) is 11.2 Å². The molecule has 2 atom stereocenters. The first-order chi connectivity index (χ1) is 7.33. The summed E-state index contributed by atoms with van der Waals surface area (Å²) >= 11 is 0. The second kappa shape index (κ2) is 4.77. The molecule has 1 aliphatic rings. The third-order valence-electron chi connectivity index (χ3n) is 3.04. The van der Waals surface area contributed by atoms with Gasteiger partial charge in [-0.3, -0.25) is 0 Å². The number of hydrogen-bond donors (Lipinski definition) is 1. The third kappa shape index (κ3) is 2.21. The van der Waals surface area contributed by atoms with Crippen LogP contribution in [-0.4, -0.2) is 12.6 Å². The lowest BCUT2D eigenvalue weighted by Gasteiger charge is -2.30. The summed E-state index contributed by atoms with van der Waals surface area (Å²) < 4.78 is 5.79. The van der Waals surface area contributed by atoms with E-state index in [1.54, 1.807) is 0 Å². The summed E-state index contributed by atoms with van der Waals surface area (Å²) in [7, 11) is 0. The van der Waals surface area contributed by atoms with Crippen molar-refractivity contribution in [2.24, 2.45) is 5.73 Å². The molecule has 0 amide bonds. The number of rotatable bonds is 3. The largest absolute Gasteiger partial charge is 0.372 e. The summed E-state index contributed by atoms with van der Waals surface area (Å²) in [5.41, 5.74) is 8.85. The molecule has 82 valence electrons. The van der Waals surface area contributed by atoms with E-state index in [4.69, 9.17) is 10.5 Å². The van der Waals surface area contributed by atoms with Gasteiger partial charge < -0.3 is 10.5 Å². The molecule has 1 heterocycles. The average molecular weight is 205 g/mol. The van der Waals surface area contributed by atoms with E-state index in [0.29, 0.717) is 0 Å². The van der Waals surface area contributed by atoms with Gasteiger partial charge in [0.25, 0.3) is 0 Å². The van der Waals surface area contributed by atoms with Crippen molar-refractivity contribution in [3.63, 3.8) is 0 Å². The van der Waals surface area contributed by atoms with Gasteiger partial charge in [0.05, 0.1) is 12.7 Å². The lowest BCUT2D eigenvalue weighted by molar-refractivity contribution is 0.0226. The molecule has 15 heavy (non-hydrogen) atoms. The van der Waals surface area contributed by atoms with Crippen LogP contribution in [0.1, 0.15) is 37.0 Å². The molecule has 1 aliphatic heterocycles. The number of benzene rings is 1. The number of fused-ring (bicyclic) bond motifs is 1. The predicted molar refractivity (Wildman–Crippen MR) is 61.7 cm³/mol. The molecule has 0 radical (unpaired) electrons. The van der Waals surface area contributed by atoms with Gasteiger partial charge >= 0.3 is 0 Å². The molecule has 0 aromatic heterocycles. The Morgan fingerprint density at radius 3 is 3.07 bits per heavy atom. The van der Waals surface area contributed by atoms with Gasteiger partial charge in [-0.05, 0) is 24.0 Å². The van der Waals surface area contributed by atoms with E-state index >= 15 is 0 Å². The van der Waals surface area contributed by atoms with Gasteiger partial charge in [-0.1, -0.05) is 37.6 Å². The van der Waals surface area contributed by atoms with Crippen molar-refractivity contribution in [1.82, 2.24) is 0 Å². The van der Waals surface area contributed by atoms with E-state index in [-0.39, 0.29) is 12.1 Å². The summed E-state index contributed by atoms with van der Waals surface area (Å²) in [5.74, 6) is 0. The smallest absolute Gasteiger partial charge is 0.0978 e. The normalized spacial score (nSPS) is 22.1. The van der Waals surface area contributed by atoms with Crippen molar-refractivity contribution in [1.29, 1.82) is 0 Å². The maximum Gasteiger partial charge on any atom is 0.0978 e. The molecular formula is C13H19NO. The minimum absolute atomic E-state index is 0.106. The fourth-order valence-corrected chi connectivity index (χ4v) is 2.26. The zero-order valence-corrected chi connectivity index (χ0v) is 9.28. The number of hydrogen-bond acceptors (Lipinski definition) is 2. The predicted octanol–water partition coefficient (Wildman–Crippen LogP) is 2.43. The van der Waals surface area contributed by atoms with Gasteiger partial charge in [-0.25, -0.2) is 0 Å². The van der Waals surface area contributed by atoms with Crippen molar-refractivity contribution in [2.45, 2.75) is 38.3 Å². The summed E-state index contributed by atoms with van der Waals surface area (Å²) in [4.78, 5) is 0. The number of nitrogens with two attached hydrogens (primary N) is 1. The van der Waals surface area contributed by atoms with Crippen molar-refractivity contribution in [3.05, 3.63) is 35.4 Å². The highest BCUT2D eigenvalue weighted by molar-refractivity contribution is 5.31. The molecule has 1 aromatic rings. The van der Waals surface area contributed by atoms with E-state index in [1.165, 1.54) is 11.1 Å². The van der Waals surface area contributed by atoms with Crippen molar-refractivity contribution < 1.29 is 4.74 Å². The molecule has 0 aliphatic carbocycles. The summed E-state index contributed by atoms with van der Waals surface area (Å²) in [5, 5.41) is 0. The molecule has 0 saturated carbocycles. The summed E-state index contributed by atoms with van der Waals surface area (Å²) in [6.07, 6.45) is 3.27. The zero-order chi connectivity index (χ0) is 10.7. The highest BCUT2D eigenvalue weighted by Crippen LogP contribution is 2.30. The van der Waals surface area contributed by atoms with Crippen molar-refractivity contribution >= 4 is 0 Å². The standard InChI is InChI=1S/C13H19NO/c1-2-5-12(14)13-11-7-4-3-6-10(11)8-9-15-13/h3-4,6-7,12-13H,2,5,8-9,14H2,1H3. The minimum Gasteiger partial charge on any atom is -0.372 e. The lowest BCUT2D eigenvalue weighted by atomic mass is 9.92. The molecule has 0 bridgehead atoms. The second-order valence-corrected chi connectivity index (χ2v) is 4.19. The van der Waals surface area contributed by atoms with E-state index in [2.05, 4.69) is 31.2 Å². The average Bonchev–Trinajstić information content (AvgIpc) is 2.28. The van der Waals surface area contributed by atoms with E-state index < -0.39 is 0 Å². The monoisotopic (exact) mass is 205 g/mol. The fraction of sp³-hybridized carbons (Fsp3) is 0.538. The Bertz CT molecular complexity index is 324. The molecular weight excluding hydrogens is 186 g/mol. The Morgan fingerprint density at radius 1 is 1.47 bits per heavy atom. The van der Waals surface area contributed by atoms with Crippen molar-refractivity contribution in [2.75, 3.05) is 6.61 Å². The Kier molecular flexibility index (Phi) is 3.39. The van der Waals surface area contributed by atoms with Crippen LogP contribution in [0.25, 0.3) is 0 Å². The van der Waals surface area contributed by atoms with Gasteiger partial charge in [-0.15, -0.1) is 0 Å². The SMILES string of the molecule is CCCC(N)C1OCCc2ccccc21. The molecule has 2 unspecified atom stereocenters. The quantitative estimate of drug-likeness (QED) is 0.822. The maximum absolute atomic E-state index is 6.15.